The second kappa shape index (κ2) is 5.26. The molecule has 1 amide bonds. The number of rotatable bonds is 4. The molecule has 7 nitrogen and oxygen atoms in total. The molecule has 94 valence electrons. The van der Waals surface area contributed by atoms with Gasteiger partial charge in [0.1, 0.15) is 11.6 Å². The molecule has 2 heterocycles. The summed E-state index contributed by atoms with van der Waals surface area (Å²) >= 11 is 0. The van der Waals surface area contributed by atoms with E-state index in [-0.39, 0.29) is 11.6 Å². The van der Waals surface area contributed by atoms with Crippen LogP contribution in [0.1, 0.15) is 23.2 Å². The van der Waals surface area contributed by atoms with E-state index in [0.29, 0.717) is 17.4 Å². The van der Waals surface area contributed by atoms with Gasteiger partial charge in [0.15, 0.2) is 11.5 Å². The summed E-state index contributed by atoms with van der Waals surface area (Å²) < 4.78 is 4.84. The SMILES string of the molecule is CCNc1ccc(C(=O)Nc2cc(C)on2)nn1. The predicted molar refractivity (Wildman–Crippen MR) is 65.4 cm³/mol. The summed E-state index contributed by atoms with van der Waals surface area (Å²) in [5.74, 6) is 1.24. The zero-order valence-corrected chi connectivity index (χ0v) is 10.1. The number of anilines is 2. The lowest BCUT2D eigenvalue weighted by Crippen LogP contribution is -2.15. The average Bonchev–Trinajstić information content (AvgIpc) is 2.76. The van der Waals surface area contributed by atoms with Crippen LogP contribution < -0.4 is 10.6 Å². The van der Waals surface area contributed by atoms with Crippen molar-refractivity contribution in [2.75, 3.05) is 17.2 Å². The normalized spacial score (nSPS) is 10.1. The van der Waals surface area contributed by atoms with Gasteiger partial charge in [0, 0.05) is 12.6 Å². The Hall–Kier alpha value is -2.44. The van der Waals surface area contributed by atoms with E-state index in [1.165, 1.54) is 0 Å². The topological polar surface area (TPSA) is 92.9 Å². The third-order valence-corrected chi connectivity index (χ3v) is 2.12. The molecule has 0 aliphatic rings. The summed E-state index contributed by atoms with van der Waals surface area (Å²) in [5, 5.41) is 16.9. The fraction of sp³-hybridized carbons (Fsp3) is 0.273. The van der Waals surface area contributed by atoms with Crippen molar-refractivity contribution in [3.8, 4) is 0 Å². The summed E-state index contributed by atoms with van der Waals surface area (Å²) in [7, 11) is 0. The molecule has 0 aliphatic carbocycles. The van der Waals surface area contributed by atoms with Gasteiger partial charge >= 0.3 is 0 Å². The Labute approximate surface area is 104 Å². The Morgan fingerprint density at radius 1 is 1.33 bits per heavy atom. The first-order valence-electron chi connectivity index (χ1n) is 5.51. The fourth-order valence-corrected chi connectivity index (χ4v) is 1.33. The van der Waals surface area contributed by atoms with Crippen LogP contribution >= 0.6 is 0 Å². The standard InChI is InChI=1S/C11H13N5O2/c1-3-12-9-5-4-8(14-15-9)11(17)13-10-6-7(2)18-16-10/h4-6H,3H2,1-2H3,(H,12,15)(H,13,16,17). The molecule has 0 saturated heterocycles. The van der Waals surface area contributed by atoms with Gasteiger partial charge in [-0.1, -0.05) is 5.16 Å². The van der Waals surface area contributed by atoms with Crippen molar-refractivity contribution in [1.29, 1.82) is 0 Å². The van der Waals surface area contributed by atoms with Gasteiger partial charge in [-0.2, -0.15) is 0 Å². The summed E-state index contributed by atoms with van der Waals surface area (Å²) in [6, 6.07) is 4.91. The monoisotopic (exact) mass is 247 g/mol. The smallest absolute Gasteiger partial charge is 0.277 e. The van der Waals surface area contributed by atoms with Crippen molar-refractivity contribution in [1.82, 2.24) is 15.4 Å². The average molecular weight is 247 g/mol. The molecule has 0 aliphatic heterocycles. The molecular weight excluding hydrogens is 234 g/mol. The minimum Gasteiger partial charge on any atom is -0.369 e. The molecule has 0 unspecified atom stereocenters. The van der Waals surface area contributed by atoms with E-state index in [9.17, 15) is 4.79 Å². The van der Waals surface area contributed by atoms with Crippen molar-refractivity contribution >= 4 is 17.5 Å². The van der Waals surface area contributed by atoms with E-state index in [0.717, 1.165) is 6.54 Å². The number of carbonyl (C=O) groups excluding carboxylic acids is 1. The van der Waals surface area contributed by atoms with Crippen LogP contribution in [-0.2, 0) is 0 Å². The largest absolute Gasteiger partial charge is 0.369 e. The van der Waals surface area contributed by atoms with Gasteiger partial charge in [-0.3, -0.25) is 4.79 Å². The lowest BCUT2D eigenvalue weighted by molar-refractivity contribution is 0.102. The summed E-state index contributed by atoms with van der Waals surface area (Å²) in [6.07, 6.45) is 0. The first kappa shape index (κ1) is 12.0. The number of nitrogens with one attached hydrogen (secondary N) is 2. The Kier molecular flexibility index (Phi) is 3.52. The predicted octanol–water partition coefficient (Wildman–Crippen LogP) is 1.46. The van der Waals surface area contributed by atoms with E-state index in [2.05, 4.69) is 26.0 Å². The highest BCUT2D eigenvalue weighted by Gasteiger charge is 2.10. The van der Waals surface area contributed by atoms with Crippen LogP contribution in [-0.4, -0.2) is 27.8 Å². The molecule has 2 aromatic heterocycles. The van der Waals surface area contributed by atoms with E-state index >= 15 is 0 Å². The minimum absolute atomic E-state index is 0.220. The Balaban J connectivity index is 2.04. The van der Waals surface area contributed by atoms with Gasteiger partial charge in [-0.05, 0) is 26.0 Å². The maximum atomic E-state index is 11.8. The summed E-state index contributed by atoms with van der Waals surface area (Å²) in [6.45, 7) is 4.45. The van der Waals surface area contributed by atoms with Crippen molar-refractivity contribution in [3.05, 3.63) is 29.7 Å². The van der Waals surface area contributed by atoms with Gasteiger partial charge in [0.25, 0.3) is 5.91 Å². The molecule has 0 spiro atoms. The maximum Gasteiger partial charge on any atom is 0.277 e. The van der Waals surface area contributed by atoms with Crippen LogP contribution in [0.25, 0.3) is 0 Å². The van der Waals surface area contributed by atoms with Crippen LogP contribution in [0, 0.1) is 6.92 Å². The molecule has 0 atom stereocenters. The van der Waals surface area contributed by atoms with E-state index in [4.69, 9.17) is 4.52 Å². The molecule has 2 aromatic rings. The van der Waals surface area contributed by atoms with Gasteiger partial charge < -0.3 is 15.2 Å². The molecule has 0 radical (unpaired) electrons. The molecular formula is C11H13N5O2. The highest BCUT2D eigenvalue weighted by molar-refractivity contribution is 6.02. The van der Waals surface area contributed by atoms with Crippen LogP contribution in [0.15, 0.2) is 22.7 Å². The van der Waals surface area contributed by atoms with Crippen molar-refractivity contribution < 1.29 is 9.32 Å². The molecule has 0 saturated carbocycles. The molecule has 0 aromatic carbocycles. The Bertz CT molecular complexity index is 535. The number of carbonyl (C=O) groups is 1. The molecule has 18 heavy (non-hydrogen) atoms. The fourth-order valence-electron chi connectivity index (χ4n) is 1.33. The van der Waals surface area contributed by atoms with Crippen LogP contribution in [0.2, 0.25) is 0 Å². The number of hydrogen-bond donors (Lipinski definition) is 2. The zero-order valence-electron chi connectivity index (χ0n) is 10.1. The highest BCUT2D eigenvalue weighted by Crippen LogP contribution is 2.09. The second-order valence-electron chi connectivity index (χ2n) is 3.61. The quantitative estimate of drug-likeness (QED) is 0.849. The molecule has 7 heteroatoms. The van der Waals surface area contributed by atoms with Crippen molar-refractivity contribution in [3.63, 3.8) is 0 Å². The van der Waals surface area contributed by atoms with Crippen molar-refractivity contribution in [2.45, 2.75) is 13.8 Å². The number of aromatic nitrogens is 3. The lowest BCUT2D eigenvalue weighted by Gasteiger charge is -2.02. The number of aryl methyl sites for hydroxylation is 1. The molecule has 2 rings (SSSR count). The van der Waals surface area contributed by atoms with E-state index in [1.54, 1.807) is 25.1 Å². The number of hydrogen-bond acceptors (Lipinski definition) is 6. The van der Waals surface area contributed by atoms with Crippen LogP contribution in [0.5, 0.6) is 0 Å². The van der Waals surface area contributed by atoms with E-state index < -0.39 is 0 Å². The molecule has 0 fully saturated rings. The van der Waals surface area contributed by atoms with Gasteiger partial charge in [-0.25, -0.2) is 0 Å². The third kappa shape index (κ3) is 2.82. The van der Waals surface area contributed by atoms with Crippen LogP contribution in [0.3, 0.4) is 0 Å². The lowest BCUT2D eigenvalue weighted by atomic mass is 10.3. The molecule has 2 N–H and O–H groups in total. The van der Waals surface area contributed by atoms with E-state index in [1.807, 2.05) is 6.92 Å². The van der Waals surface area contributed by atoms with Gasteiger partial charge in [0.2, 0.25) is 0 Å². The number of nitrogens with zero attached hydrogens (tertiary/aromatic N) is 3. The number of amides is 1. The first-order chi connectivity index (χ1) is 8.69. The Morgan fingerprint density at radius 3 is 2.72 bits per heavy atom. The highest BCUT2D eigenvalue weighted by atomic mass is 16.5. The summed E-state index contributed by atoms with van der Waals surface area (Å²) in [5.41, 5.74) is 0.220. The van der Waals surface area contributed by atoms with Gasteiger partial charge in [0.05, 0.1) is 0 Å². The van der Waals surface area contributed by atoms with Crippen molar-refractivity contribution in [2.24, 2.45) is 0 Å². The maximum absolute atomic E-state index is 11.8. The van der Waals surface area contributed by atoms with Crippen LogP contribution in [0.4, 0.5) is 11.6 Å². The zero-order chi connectivity index (χ0) is 13.0. The third-order valence-electron chi connectivity index (χ3n) is 2.12. The van der Waals surface area contributed by atoms with Gasteiger partial charge in [-0.15, -0.1) is 10.2 Å². The Morgan fingerprint density at radius 2 is 2.17 bits per heavy atom. The first-order valence-corrected chi connectivity index (χ1v) is 5.51. The summed E-state index contributed by atoms with van der Waals surface area (Å²) in [4.78, 5) is 11.8. The second-order valence-corrected chi connectivity index (χ2v) is 3.61. The minimum atomic E-state index is -0.376. The molecule has 0 bridgehead atoms.